The van der Waals surface area contributed by atoms with Gasteiger partial charge >= 0.3 is 5.97 Å². The lowest BCUT2D eigenvalue weighted by Gasteiger charge is -2.31. The zero-order valence-electron chi connectivity index (χ0n) is 11.9. The highest BCUT2D eigenvalue weighted by molar-refractivity contribution is 5.75. The van der Waals surface area contributed by atoms with Crippen molar-refractivity contribution in [2.75, 3.05) is 13.1 Å². The van der Waals surface area contributed by atoms with Gasteiger partial charge in [-0.15, -0.1) is 0 Å². The Morgan fingerprint density at radius 3 is 2.74 bits per heavy atom. The predicted octanol–water partition coefficient (Wildman–Crippen LogP) is 3.16. The lowest BCUT2D eigenvalue weighted by molar-refractivity contribution is -0.151. The third-order valence-corrected chi connectivity index (χ3v) is 4.56. The molecule has 0 aliphatic carbocycles. The van der Waals surface area contributed by atoms with E-state index in [9.17, 15) is 9.90 Å². The van der Waals surface area contributed by atoms with Gasteiger partial charge in [0, 0.05) is 13.1 Å². The van der Waals surface area contributed by atoms with E-state index in [1.807, 2.05) is 26.0 Å². The number of hydrogen-bond acceptors (Lipinski definition) is 3. The molecule has 1 aliphatic heterocycles. The van der Waals surface area contributed by atoms with E-state index < -0.39 is 11.4 Å². The summed E-state index contributed by atoms with van der Waals surface area (Å²) in [7, 11) is 0. The molecule has 2 heterocycles. The summed E-state index contributed by atoms with van der Waals surface area (Å²) in [4.78, 5) is 13.9. The fourth-order valence-electron chi connectivity index (χ4n) is 3.14. The molecule has 2 atom stereocenters. The van der Waals surface area contributed by atoms with Crippen molar-refractivity contribution in [2.24, 2.45) is 11.3 Å². The van der Waals surface area contributed by atoms with Crippen LogP contribution in [0, 0.1) is 11.3 Å². The molecular weight excluding hydrogens is 242 g/mol. The highest BCUT2D eigenvalue weighted by atomic mass is 16.4. The van der Waals surface area contributed by atoms with Crippen LogP contribution in [0.2, 0.25) is 0 Å². The van der Waals surface area contributed by atoms with Crippen molar-refractivity contribution in [3.8, 4) is 0 Å². The molecule has 4 heteroatoms. The second-order valence-corrected chi connectivity index (χ2v) is 5.78. The molecule has 0 saturated carbocycles. The number of carboxylic acid groups (broad SMARTS) is 1. The Kier molecular flexibility index (Phi) is 3.99. The molecule has 1 saturated heterocycles. The van der Waals surface area contributed by atoms with Gasteiger partial charge in [0.1, 0.15) is 5.76 Å². The SMILES string of the molecule is CCC(c1ccco1)N1CCC(C(=O)O)(C(C)C)C1. The molecule has 0 radical (unpaired) electrons. The monoisotopic (exact) mass is 265 g/mol. The molecule has 1 aliphatic rings. The van der Waals surface area contributed by atoms with Gasteiger partial charge in [0.05, 0.1) is 17.7 Å². The normalized spacial score (nSPS) is 25.9. The molecule has 2 unspecified atom stereocenters. The fraction of sp³-hybridized carbons (Fsp3) is 0.667. The van der Waals surface area contributed by atoms with Crippen LogP contribution in [0.5, 0.6) is 0 Å². The minimum Gasteiger partial charge on any atom is -0.481 e. The summed E-state index contributed by atoms with van der Waals surface area (Å²) >= 11 is 0. The number of carbonyl (C=O) groups is 1. The van der Waals surface area contributed by atoms with Crippen molar-refractivity contribution in [3.63, 3.8) is 0 Å². The molecule has 106 valence electrons. The van der Waals surface area contributed by atoms with E-state index in [0.29, 0.717) is 6.54 Å². The maximum Gasteiger partial charge on any atom is 0.311 e. The lowest BCUT2D eigenvalue weighted by Crippen LogP contribution is -2.39. The molecule has 1 aromatic heterocycles. The van der Waals surface area contributed by atoms with Gasteiger partial charge in [-0.3, -0.25) is 9.69 Å². The Bertz CT molecular complexity index is 427. The number of hydrogen-bond donors (Lipinski definition) is 1. The van der Waals surface area contributed by atoms with Crippen LogP contribution in [-0.4, -0.2) is 29.1 Å². The zero-order valence-corrected chi connectivity index (χ0v) is 11.9. The Labute approximate surface area is 114 Å². The van der Waals surface area contributed by atoms with Crippen LogP contribution in [0.3, 0.4) is 0 Å². The Morgan fingerprint density at radius 1 is 1.58 bits per heavy atom. The van der Waals surface area contributed by atoms with Gasteiger partial charge in [-0.05, 0) is 30.9 Å². The third-order valence-electron chi connectivity index (χ3n) is 4.56. The van der Waals surface area contributed by atoms with Crippen molar-refractivity contribution < 1.29 is 14.3 Å². The lowest BCUT2D eigenvalue weighted by atomic mass is 9.76. The third kappa shape index (κ3) is 2.41. The van der Waals surface area contributed by atoms with Gasteiger partial charge in [0.25, 0.3) is 0 Å². The Hall–Kier alpha value is -1.29. The minimum absolute atomic E-state index is 0.143. The second kappa shape index (κ2) is 5.37. The van der Waals surface area contributed by atoms with E-state index in [0.717, 1.165) is 25.1 Å². The molecular formula is C15H23NO3. The van der Waals surface area contributed by atoms with Gasteiger partial charge in [0.15, 0.2) is 0 Å². The number of furan rings is 1. The number of aliphatic carboxylic acids is 1. The van der Waals surface area contributed by atoms with E-state index >= 15 is 0 Å². The summed E-state index contributed by atoms with van der Waals surface area (Å²) in [5, 5.41) is 9.59. The standard InChI is InChI=1S/C15H23NO3/c1-4-12(13-6-5-9-19-13)16-8-7-15(10-16,11(2)3)14(17)18/h5-6,9,11-12H,4,7-8,10H2,1-3H3,(H,17,18). The first-order valence-corrected chi connectivity index (χ1v) is 7.02. The van der Waals surface area contributed by atoms with Crippen LogP contribution >= 0.6 is 0 Å². The highest BCUT2D eigenvalue weighted by Crippen LogP contribution is 2.42. The Morgan fingerprint density at radius 2 is 2.32 bits per heavy atom. The van der Waals surface area contributed by atoms with Crippen LogP contribution in [-0.2, 0) is 4.79 Å². The van der Waals surface area contributed by atoms with Crippen LogP contribution in [0.4, 0.5) is 0 Å². The van der Waals surface area contributed by atoms with Crippen LogP contribution in [0.1, 0.15) is 45.4 Å². The van der Waals surface area contributed by atoms with Crippen molar-refractivity contribution in [2.45, 2.75) is 39.7 Å². The summed E-state index contributed by atoms with van der Waals surface area (Å²) in [6.07, 6.45) is 3.33. The summed E-state index contributed by atoms with van der Waals surface area (Å²) < 4.78 is 5.50. The van der Waals surface area contributed by atoms with Gasteiger partial charge in [0.2, 0.25) is 0 Å². The average molecular weight is 265 g/mol. The van der Waals surface area contributed by atoms with Gasteiger partial charge in [-0.25, -0.2) is 0 Å². The maximum absolute atomic E-state index is 11.7. The second-order valence-electron chi connectivity index (χ2n) is 5.78. The largest absolute Gasteiger partial charge is 0.481 e. The Balaban J connectivity index is 2.18. The van der Waals surface area contributed by atoms with E-state index in [1.54, 1.807) is 6.26 Å². The van der Waals surface area contributed by atoms with Crippen molar-refractivity contribution in [3.05, 3.63) is 24.2 Å². The van der Waals surface area contributed by atoms with Crippen LogP contribution < -0.4 is 0 Å². The van der Waals surface area contributed by atoms with Crippen molar-refractivity contribution >= 4 is 5.97 Å². The zero-order chi connectivity index (χ0) is 14.0. The molecule has 4 nitrogen and oxygen atoms in total. The first-order chi connectivity index (χ1) is 9.01. The molecule has 1 fully saturated rings. The number of likely N-dealkylation sites (tertiary alicyclic amines) is 1. The highest BCUT2D eigenvalue weighted by Gasteiger charge is 2.48. The summed E-state index contributed by atoms with van der Waals surface area (Å²) in [6, 6.07) is 4.06. The molecule has 2 rings (SSSR count). The topological polar surface area (TPSA) is 53.7 Å². The van der Waals surface area contributed by atoms with Crippen LogP contribution in [0.25, 0.3) is 0 Å². The quantitative estimate of drug-likeness (QED) is 0.888. The molecule has 0 aromatic carbocycles. The van der Waals surface area contributed by atoms with E-state index in [1.165, 1.54) is 0 Å². The minimum atomic E-state index is -0.667. The maximum atomic E-state index is 11.7. The molecule has 1 N–H and O–H groups in total. The van der Waals surface area contributed by atoms with Gasteiger partial charge in [-0.1, -0.05) is 20.8 Å². The summed E-state index contributed by atoms with van der Waals surface area (Å²) in [5.74, 6) is 0.413. The molecule has 0 spiro atoms. The first kappa shape index (κ1) is 14.1. The smallest absolute Gasteiger partial charge is 0.311 e. The van der Waals surface area contributed by atoms with Crippen molar-refractivity contribution in [1.82, 2.24) is 4.90 Å². The number of rotatable bonds is 5. The number of nitrogens with zero attached hydrogens (tertiary/aromatic N) is 1. The van der Waals surface area contributed by atoms with E-state index in [-0.39, 0.29) is 12.0 Å². The summed E-state index contributed by atoms with van der Waals surface area (Å²) in [5.41, 5.74) is -0.611. The molecule has 1 aromatic rings. The first-order valence-electron chi connectivity index (χ1n) is 7.02. The molecule has 0 bridgehead atoms. The van der Waals surface area contributed by atoms with Gasteiger partial charge in [-0.2, -0.15) is 0 Å². The van der Waals surface area contributed by atoms with E-state index in [2.05, 4.69) is 11.8 Å². The van der Waals surface area contributed by atoms with Gasteiger partial charge < -0.3 is 9.52 Å². The van der Waals surface area contributed by atoms with E-state index in [4.69, 9.17) is 4.42 Å². The fourth-order valence-corrected chi connectivity index (χ4v) is 3.14. The van der Waals surface area contributed by atoms with Crippen molar-refractivity contribution in [1.29, 1.82) is 0 Å². The predicted molar refractivity (Wildman–Crippen MR) is 72.8 cm³/mol. The number of carboxylic acids is 1. The summed E-state index contributed by atoms with van der Waals surface area (Å²) in [6.45, 7) is 7.56. The van der Waals surface area contributed by atoms with Crippen LogP contribution in [0.15, 0.2) is 22.8 Å². The molecule has 0 amide bonds. The molecule has 19 heavy (non-hydrogen) atoms. The average Bonchev–Trinajstić information content (AvgIpc) is 2.99.